The summed E-state index contributed by atoms with van der Waals surface area (Å²) in [6, 6.07) is 13.9. The number of hydrogen-bond donors (Lipinski definition) is 0. The van der Waals surface area contributed by atoms with Crippen molar-refractivity contribution in [2.45, 2.75) is 19.1 Å². The summed E-state index contributed by atoms with van der Waals surface area (Å²) in [5.74, 6) is 0.0362. The number of benzene rings is 2. The lowest BCUT2D eigenvalue weighted by Gasteiger charge is -2.30. The second-order valence-corrected chi connectivity index (χ2v) is 8.87. The van der Waals surface area contributed by atoms with Gasteiger partial charge in [0.1, 0.15) is 0 Å². The number of sulfonamides is 1. The fourth-order valence-electron chi connectivity index (χ4n) is 3.62. The SMILES string of the molecule is Cc1ccc(CS(=O)(=O)N2CCc3ccc(N4CCOCC4)cc32)cc1. The third kappa shape index (κ3) is 3.44. The number of rotatable bonds is 4. The van der Waals surface area contributed by atoms with E-state index in [-0.39, 0.29) is 5.75 Å². The third-order valence-electron chi connectivity index (χ3n) is 5.10. The molecule has 0 aliphatic carbocycles. The van der Waals surface area contributed by atoms with Gasteiger partial charge >= 0.3 is 0 Å². The van der Waals surface area contributed by atoms with Gasteiger partial charge in [0, 0.05) is 25.3 Å². The third-order valence-corrected chi connectivity index (χ3v) is 6.85. The van der Waals surface area contributed by atoms with Gasteiger partial charge in [0.2, 0.25) is 10.0 Å². The van der Waals surface area contributed by atoms with Crippen molar-refractivity contribution in [2.75, 3.05) is 42.1 Å². The molecule has 6 heteroatoms. The first-order valence-electron chi connectivity index (χ1n) is 9.04. The Morgan fingerprint density at radius 1 is 1.00 bits per heavy atom. The van der Waals surface area contributed by atoms with Crippen molar-refractivity contribution in [3.05, 3.63) is 59.2 Å². The molecule has 2 aromatic carbocycles. The molecular weight excluding hydrogens is 348 g/mol. The second kappa shape index (κ2) is 6.93. The maximum absolute atomic E-state index is 13.0. The molecule has 1 saturated heterocycles. The molecule has 0 radical (unpaired) electrons. The first-order chi connectivity index (χ1) is 12.5. The highest BCUT2D eigenvalue weighted by Crippen LogP contribution is 2.35. The van der Waals surface area contributed by atoms with Crippen LogP contribution in [0, 0.1) is 6.92 Å². The van der Waals surface area contributed by atoms with Crippen molar-refractivity contribution in [3.8, 4) is 0 Å². The molecule has 2 aromatic rings. The molecule has 0 bridgehead atoms. The van der Waals surface area contributed by atoms with Gasteiger partial charge in [-0.3, -0.25) is 4.31 Å². The molecule has 0 N–H and O–H groups in total. The molecule has 4 rings (SSSR count). The lowest BCUT2D eigenvalue weighted by molar-refractivity contribution is 0.122. The molecular formula is C20H24N2O3S. The highest BCUT2D eigenvalue weighted by molar-refractivity contribution is 7.92. The lowest BCUT2D eigenvalue weighted by atomic mass is 10.1. The Hall–Kier alpha value is -2.05. The molecule has 2 heterocycles. The minimum absolute atomic E-state index is 0.0362. The molecule has 0 unspecified atom stereocenters. The van der Waals surface area contributed by atoms with Crippen molar-refractivity contribution < 1.29 is 13.2 Å². The number of hydrogen-bond acceptors (Lipinski definition) is 4. The Morgan fingerprint density at radius 3 is 2.46 bits per heavy atom. The van der Waals surface area contributed by atoms with Crippen molar-refractivity contribution >= 4 is 21.4 Å². The van der Waals surface area contributed by atoms with Crippen LogP contribution in [0.4, 0.5) is 11.4 Å². The van der Waals surface area contributed by atoms with Crippen LogP contribution < -0.4 is 9.21 Å². The molecule has 0 amide bonds. The summed E-state index contributed by atoms with van der Waals surface area (Å²) in [5, 5.41) is 0. The van der Waals surface area contributed by atoms with E-state index in [4.69, 9.17) is 4.74 Å². The molecule has 26 heavy (non-hydrogen) atoms. The minimum atomic E-state index is -3.40. The van der Waals surface area contributed by atoms with Crippen LogP contribution in [0.1, 0.15) is 16.7 Å². The summed E-state index contributed by atoms with van der Waals surface area (Å²) in [5.41, 5.74) is 4.97. The average Bonchev–Trinajstić information content (AvgIpc) is 3.08. The molecule has 2 aliphatic rings. The lowest BCUT2D eigenvalue weighted by Crippen LogP contribution is -2.36. The second-order valence-electron chi connectivity index (χ2n) is 6.98. The van der Waals surface area contributed by atoms with E-state index in [1.165, 1.54) is 0 Å². The Balaban J connectivity index is 1.60. The van der Waals surface area contributed by atoms with Crippen LogP contribution in [-0.2, 0) is 26.9 Å². The number of fused-ring (bicyclic) bond motifs is 1. The van der Waals surface area contributed by atoms with E-state index >= 15 is 0 Å². The van der Waals surface area contributed by atoms with Gasteiger partial charge in [0.05, 0.1) is 24.7 Å². The highest BCUT2D eigenvalue weighted by atomic mass is 32.2. The molecule has 0 spiro atoms. The van der Waals surface area contributed by atoms with Gasteiger partial charge in [-0.25, -0.2) is 8.42 Å². The zero-order valence-electron chi connectivity index (χ0n) is 15.0. The van der Waals surface area contributed by atoms with Gasteiger partial charge in [-0.2, -0.15) is 0 Å². The number of anilines is 2. The molecule has 0 atom stereocenters. The van der Waals surface area contributed by atoms with E-state index in [1.54, 1.807) is 4.31 Å². The number of morpholine rings is 1. The predicted molar refractivity (Wildman–Crippen MR) is 104 cm³/mol. The smallest absolute Gasteiger partial charge is 0.239 e. The molecule has 5 nitrogen and oxygen atoms in total. The van der Waals surface area contributed by atoms with Crippen LogP contribution in [-0.4, -0.2) is 41.3 Å². The number of nitrogens with zero attached hydrogens (tertiary/aromatic N) is 2. The van der Waals surface area contributed by atoms with Crippen LogP contribution in [0.25, 0.3) is 0 Å². The number of ether oxygens (including phenoxy) is 1. The zero-order chi connectivity index (χ0) is 18.1. The van der Waals surface area contributed by atoms with Crippen LogP contribution >= 0.6 is 0 Å². The van der Waals surface area contributed by atoms with Crippen LogP contribution in [0.3, 0.4) is 0 Å². The van der Waals surface area contributed by atoms with E-state index in [0.29, 0.717) is 19.8 Å². The Bertz CT molecular complexity index is 888. The van der Waals surface area contributed by atoms with E-state index in [2.05, 4.69) is 17.0 Å². The molecule has 138 valence electrons. The monoisotopic (exact) mass is 372 g/mol. The fraction of sp³-hybridized carbons (Fsp3) is 0.400. The zero-order valence-corrected chi connectivity index (χ0v) is 15.8. The molecule has 2 aliphatic heterocycles. The van der Waals surface area contributed by atoms with E-state index in [9.17, 15) is 8.42 Å². The highest BCUT2D eigenvalue weighted by Gasteiger charge is 2.30. The first-order valence-corrected chi connectivity index (χ1v) is 10.7. The Morgan fingerprint density at radius 2 is 1.73 bits per heavy atom. The first kappa shape index (κ1) is 17.4. The van der Waals surface area contributed by atoms with Crippen LogP contribution in [0.2, 0.25) is 0 Å². The van der Waals surface area contributed by atoms with Crippen molar-refractivity contribution in [1.82, 2.24) is 0 Å². The van der Waals surface area contributed by atoms with Gasteiger partial charge in [-0.1, -0.05) is 35.9 Å². The van der Waals surface area contributed by atoms with Gasteiger partial charge in [-0.15, -0.1) is 0 Å². The topological polar surface area (TPSA) is 49.9 Å². The standard InChI is InChI=1S/C20H24N2O3S/c1-16-2-4-17(5-3-16)15-26(23,24)22-9-8-18-6-7-19(14-20(18)22)21-10-12-25-13-11-21/h2-7,14H,8-13,15H2,1H3. The van der Waals surface area contributed by atoms with Gasteiger partial charge in [0.25, 0.3) is 0 Å². The number of aryl methyl sites for hydroxylation is 1. The van der Waals surface area contributed by atoms with Crippen LogP contribution in [0.15, 0.2) is 42.5 Å². The average molecular weight is 372 g/mol. The normalized spacial score (nSPS) is 17.4. The summed E-state index contributed by atoms with van der Waals surface area (Å²) >= 11 is 0. The van der Waals surface area contributed by atoms with Gasteiger partial charge in [0.15, 0.2) is 0 Å². The minimum Gasteiger partial charge on any atom is -0.378 e. The molecule has 1 fully saturated rings. The van der Waals surface area contributed by atoms with Crippen molar-refractivity contribution in [2.24, 2.45) is 0 Å². The summed E-state index contributed by atoms with van der Waals surface area (Å²) in [6.07, 6.45) is 0.770. The summed E-state index contributed by atoms with van der Waals surface area (Å²) in [4.78, 5) is 2.26. The maximum Gasteiger partial charge on any atom is 0.239 e. The fourth-order valence-corrected chi connectivity index (χ4v) is 5.23. The Kier molecular flexibility index (Phi) is 4.63. The van der Waals surface area contributed by atoms with Crippen molar-refractivity contribution in [1.29, 1.82) is 0 Å². The van der Waals surface area contributed by atoms with Gasteiger partial charge in [-0.05, 0) is 36.6 Å². The van der Waals surface area contributed by atoms with E-state index in [0.717, 1.165) is 47.6 Å². The van der Waals surface area contributed by atoms with Crippen molar-refractivity contribution in [3.63, 3.8) is 0 Å². The molecule has 0 saturated carbocycles. The molecule has 0 aromatic heterocycles. The Labute approximate surface area is 155 Å². The summed E-state index contributed by atoms with van der Waals surface area (Å²) < 4.78 is 33.1. The maximum atomic E-state index is 13.0. The summed E-state index contributed by atoms with van der Waals surface area (Å²) in [7, 11) is -3.40. The largest absolute Gasteiger partial charge is 0.378 e. The summed E-state index contributed by atoms with van der Waals surface area (Å²) in [6.45, 7) is 5.64. The van der Waals surface area contributed by atoms with Gasteiger partial charge < -0.3 is 9.64 Å². The van der Waals surface area contributed by atoms with E-state index < -0.39 is 10.0 Å². The predicted octanol–water partition coefficient (Wildman–Crippen LogP) is 2.72. The van der Waals surface area contributed by atoms with Crippen LogP contribution in [0.5, 0.6) is 0 Å². The van der Waals surface area contributed by atoms with E-state index in [1.807, 2.05) is 37.3 Å². The quantitative estimate of drug-likeness (QED) is 0.828.